The lowest BCUT2D eigenvalue weighted by atomic mass is 10.0. The molecule has 27 heavy (non-hydrogen) atoms. The van der Waals surface area contributed by atoms with Crippen molar-refractivity contribution < 1.29 is 0 Å². The molecule has 2 aromatic carbocycles. The topological polar surface area (TPSA) is 22.8 Å². The molecule has 2 heterocycles. The molecule has 2 aromatic heterocycles. The minimum atomic E-state index is 0.952. The first kappa shape index (κ1) is 17.3. The predicted molar refractivity (Wildman–Crippen MR) is 112 cm³/mol. The summed E-state index contributed by atoms with van der Waals surface area (Å²) in [5.74, 6) is 1.92. The number of nitrogens with zero attached hydrogens (tertiary/aromatic N) is 3. The highest BCUT2D eigenvalue weighted by molar-refractivity contribution is 5.63. The van der Waals surface area contributed by atoms with Gasteiger partial charge in [0.1, 0.15) is 5.82 Å². The number of rotatable bonds is 3. The minimum Gasteiger partial charge on any atom is -0.302 e. The Morgan fingerprint density at radius 2 is 1.33 bits per heavy atom. The molecule has 136 valence electrons. The number of imidazole rings is 1. The molecule has 0 spiro atoms. The van der Waals surface area contributed by atoms with Crippen LogP contribution in [0.1, 0.15) is 28.1 Å². The SMILES string of the molecule is Cc1cc(C)c(-n2cc(-n3c(C)ccc3C)nc2-c2ccccc2)c(C)c1. The molecule has 3 nitrogen and oxygen atoms in total. The zero-order chi connectivity index (χ0) is 19.1. The maximum atomic E-state index is 5.05. The van der Waals surface area contributed by atoms with E-state index < -0.39 is 0 Å². The van der Waals surface area contributed by atoms with Crippen molar-refractivity contribution in [2.45, 2.75) is 34.6 Å². The second-order valence-electron chi connectivity index (χ2n) is 7.36. The van der Waals surface area contributed by atoms with E-state index in [0.717, 1.165) is 17.2 Å². The largest absolute Gasteiger partial charge is 0.302 e. The smallest absolute Gasteiger partial charge is 0.156 e. The number of aromatic nitrogens is 3. The van der Waals surface area contributed by atoms with Crippen LogP contribution in [0.25, 0.3) is 22.9 Å². The molecule has 0 amide bonds. The van der Waals surface area contributed by atoms with E-state index in [2.05, 4.69) is 98.5 Å². The Labute approximate surface area is 160 Å². The van der Waals surface area contributed by atoms with E-state index in [1.165, 1.54) is 33.8 Å². The van der Waals surface area contributed by atoms with Crippen LogP contribution in [0.3, 0.4) is 0 Å². The average molecular weight is 355 g/mol. The first-order valence-corrected chi connectivity index (χ1v) is 9.34. The monoisotopic (exact) mass is 355 g/mol. The second kappa shape index (κ2) is 6.58. The highest BCUT2D eigenvalue weighted by Gasteiger charge is 2.17. The maximum Gasteiger partial charge on any atom is 0.156 e. The Bertz CT molecular complexity index is 1070. The van der Waals surface area contributed by atoms with Crippen LogP contribution in [0, 0.1) is 34.6 Å². The number of aryl methyl sites for hydroxylation is 5. The molecule has 0 saturated carbocycles. The van der Waals surface area contributed by atoms with Crippen molar-refractivity contribution >= 4 is 0 Å². The van der Waals surface area contributed by atoms with Gasteiger partial charge in [-0.05, 0) is 57.9 Å². The Balaban J connectivity index is 2.01. The van der Waals surface area contributed by atoms with E-state index in [9.17, 15) is 0 Å². The molecular formula is C24H25N3. The van der Waals surface area contributed by atoms with Crippen molar-refractivity contribution in [3.8, 4) is 22.9 Å². The summed E-state index contributed by atoms with van der Waals surface area (Å²) in [6.07, 6.45) is 2.16. The fraction of sp³-hybridized carbons (Fsp3) is 0.208. The third-order valence-corrected chi connectivity index (χ3v) is 5.10. The molecule has 0 fully saturated rings. The molecule has 3 heteroatoms. The molecule has 4 rings (SSSR count). The molecule has 0 aliphatic heterocycles. The molecule has 4 aromatic rings. The molecule has 0 radical (unpaired) electrons. The average Bonchev–Trinajstić information content (AvgIpc) is 3.18. The lowest BCUT2D eigenvalue weighted by Gasteiger charge is -2.15. The fourth-order valence-corrected chi connectivity index (χ4v) is 4.02. The first-order chi connectivity index (χ1) is 13.0. The van der Waals surface area contributed by atoms with E-state index in [0.29, 0.717) is 0 Å². The van der Waals surface area contributed by atoms with Gasteiger partial charge in [0.2, 0.25) is 0 Å². The van der Waals surface area contributed by atoms with Gasteiger partial charge in [-0.1, -0.05) is 48.0 Å². The number of hydrogen-bond acceptors (Lipinski definition) is 1. The summed E-state index contributed by atoms with van der Waals surface area (Å²) >= 11 is 0. The Kier molecular flexibility index (Phi) is 4.23. The quantitative estimate of drug-likeness (QED) is 0.450. The Hall–Kier alpha value is -3.07. The Morgan fingerprint density at radius 1 is 0.741 bits per heavy atom. The summed E-state index contributed by atoms with van der Waals surface area (Å²) in [5, 5.41) is 0. The van der Waals surface area contributed by atoms with Crippen LogP contribution in [0.15, 0.2) is 60.8 Å². The van der Waals surface area contributed by atoms with E-state index in [-0.39, 0.29) is 0 Å². The molecule has 0 atom stereocenters. The van der Waals surface area contributed by atoms with E-state index in [1.54, 1.807) is 0 Å². The lowest BCUT2D eigenvalue weighted by molar-refractivity contribution is 0.932. The standard InChI is InChI=1S/C24H25N3/c1-16-13-17(2)23(18(3)14-16)26-15-22(27-19(4)11-12-20(27)5)25-24(26)21-9-7-6-8-10-21/h6-15H,1-5H3. The van der Waals surface area contributed by atoms with Crippen LogP contribution in [0.5, 0.6) is 0 Å². The lowest BCUT2D eigenvalue weighted by Crippen LogP contribution is -2.02. The van der Waals surface area contributed by atoms with E-state index in [4.69, 9.17) is 4.98 Å². The fourth-order valence-electron chi connectivity index (χ4n) is 4.02. The second-order valence-corrected chi connectivity index (χ2v) is 7.36. The number of hydrogen-bond donors (Lipinski definition) is 0. The van der Waals surface area contributed by atoms with Crippen molar-refractivity contribution in [3.05, 3.63) is 88.9 Å². The van der Waals surface area contributed by atoms with Crippen LogP contribution in [-0.4, -0.2) is 14.1 Å². The van der Waals surface area contributed by atoms with Crippen LogP contribution in [0.4, 0.5) is 0 Å². The third-order valence-electron chi connectivity index (χ3n) is 5.10. The zero-order valence-electron chi connectivity index (χ0n) is 16.6. The highest BCUT2D eigenvalue weighted by Crippen LogP contribution is 2.30. The van der Waals surface area contributed by atoms with Crippen molar-refractivity contribution in [2.75, 3.05) is 0 Å². The van der Waals surface area contributed by atoms with Gasteiger partial charge in [0.05, 0.1) is 11.9 Å². The van der Waals surface area contributed by atoms with E-state index >= 15 is 0 Å². The summed E-state index contributed by atoms with van der Waals surface area (Å²) in [6, 6.07) is 19.2. The van der Waals surface area contributed by atoms with Gasteiger partial charge in [0, 0.05) is 17.0 Å². The van der Waals surface area contributed by atoms with Gasteiger partial charge in [-0.2, -0.15) is 0 Å². The van der Waals surface area contributed by atoms with Crippen molar-refractivity contribution in [1.29, 1.82) is 0 Å². The molecule has 0 aliphatic rings. The molecule has 0 N–H and O–H groups in total. The molecule has 0 aliphatic carbocycles. The van der Waals surface area contributed by atoms with Crippen molar-refractivity contribution in [3.63, 3.8) is 0 Å². The molecular weight excluding hydrogens is 330 g/mol. The maximum absolute atomic E-state index is 5.05. The molecule has 0 unspecified atom stereocenters. The van der Waals surface area contributed by atoms with Gasteiger partial charge in [-0.3, -0.25) is 4.57 Å². The highest BCUT2D eigenvalue weighted by atomic mass is 15.2. The van der Waals surface area contributed by atoms with Crippen LogP contribution >= 0.6 is 0 Å². The van der Waals surface area contributed by atoms with Crippen molar-refractivity contribution in [2.24, 2.45) is 0 Å². The summed E-state index contributed by atoms with van der Waals surface area (Å²) in [6.45, 7) is 10.7. The normalized spacial score (nSPS) is 11.1. The third kappa shape index (κ3) is 2.99. The summed E-state index contributed by atoms with van der Waals surface area (Å²) in [7, 11) is 0. The Morgan fingerprint density at radius 3 is 1.93 bits per heavy atom. The van der Waals surface area contributed by atoms with Crippen molar-refractivity contribution in [1.82, 2.24) is 14.1 Å². The van der Waals surface area contributed by atoms with Gasteiger partial charge >= 0.3 is 0 Å². The van der Waals surface area contributed by atoms with Crippen LogP contribution < -0.4 is 0 Å². The first-order valence-electron chi connectivity index (χ1n) is 9.34. The minimum absolute atomic E-state index is 0.952. The summed E-state index contributed by atoms with van der Waals surface area (Å²) in [4.78, 5) is 5.05. The predicted octanol–water partition coefficient (Wildman–Crippen LogP) is 5.87. The van der Waals surface area contributed by atoms with Crippen LogP contribution in [-0.2, 0) is 0 Å². The summed E-state index contributed by atoms with van der Waals surface area (Å²) in [5.41, 5.74) is 8.51. The van der Waals surface area contributed by atoms with Gasteiger partial charge in [-0.15, -0.1) is 0 Å². The summed E-state index contributed by atoms with van der Waals surface area (Å²) < 4.78 is 4.45. The zero-order valence-corrected chi connectivity index (χ0v) is 16.6. The molecule has 0 saturated heterocycles. The molecule has 0 bridgehead atoms. The van der Waals surface area contributed by atoms with Gasteiger partial charge in [0.25, 0.3) is 0 Å². The van der Waals surface area contributed by atoms with Gasteiger partial charge < -0.3 is 4.57 Å². The number of benzene rings is 2. The van der Waals surface area contributed by atoms with Gasteiger partial charge in [-0.25, -0.2) is 4.98 Å². The van der Waals surface area contributed by atoms with E-state index in [1.807, 2.05) is 6.07 Å². The van der Waals surface area contributed by atoms with Crippen LogP contribution in [0.2, 0.25) is 0 Å². The van der Waals surface area contributed by atoms with Gasteiger partial charge in [0.15, 0.2) is 5.82 Å².